The number of hydrogen-bond acceptors (Lipinski definition) is 4. The van der Waals surface area contributed by atoms with Crippen LogP contribution in [0.2, 0.25) is 0 Å². The molecule has 18 heavy (non-hydrogen) atoms. The van der Waals surface area contributed by atoms with E-state index in [-0.39, 0.29) is 12.5 Å². The summed E-state index contributed by atoms with van der Waals surface area (Å²) in [5.41, 5.74) is 0.797. The lowest BCUT2D eigenvalue weighted by atomic mass is 10.2. The van der Waals surface area contributed by atoms with Crippen molar-refractivity contribution in [2.45, 2.75) is 18.2 Å². The lowest BCUT2D eigenvalue weighted by Gasteiger charge is -2.23. The molecule has 6 heteroatoms. The maximum absolute atomic E-state index is 11.7. The van der Waals surface area contributed by atoms with Gasteiger partial charge >= 0.3 is 0 Å². The monoisotopic (exact) mass is 333 g/mol. The summed E-state index contributed by atoms with van der Waals surface area (Å²) >= 11 is 4.60. The molecule has 0 aliphatic rings. The van der Waals surface area contributed by atoms with Crippen LogP contribution in [0.4, 0.5) is 5.69 Å². The summed E-state index contributed by atoms with van der Waals surface area (Å²) in [6.07, 6.45) is 0.548. The summed E-state index contributed by atoms with van der Waals surface area (Å²) in [6, 6.07) is 5.65. The molecule has 1 aromatic carbocycles. The molecule has 0 fully saturated rings. The number of nitrogens with zero attached hydrogens (tertiary/aromatic N) is 1. The zero-order valence-corrected chi connectivity index (χ0v) is 12.8. The van der Waals surface area contributed by atoms with E-state index in [1.165, 1.54) is 19.0 Å². The normalized spacial score (nSPS) is 10.4. The van der Waals surface area contributed by atoms with Crippen LogP contribution < -0.4 is 4.90 Å². The fraction of sp³-hybridized carbons (Fsp3) is 0.417. The standard InChI is InChI=1S/C12H16BrNO3S/c1-9(16)14(6-3-7-15)11-5-4-10(13)8-12(11)18-17-2/h4-5,8,15H,3,6-7H2,1-2H3. The third-order valence-electron chi connectivity index (χ3n) is 2.31. The Morgan fingerprint density at radius 3 is 2.83 bits per heavy atom. The minimum absolute atomic E-state index is 0.0521. The molecule has 0 heterocycles. The van der Waals surface area contributed by atoms with Gasteiger partial charge in [0, 0.05) is 36.6 Å². The van der Waals surface area contributed by atoms with Crippen LogP contribution in [0.5, 0.6) is 0 Å². The first-order valence-corrected chi connectivity index (χ1v) is 7.02. The van der Waals surface area contributed by atoms with Gasteiger partial charge in [0.25, 0.3) is 0 Å². The molecule has 0 spiro atoms. The molecule has 1 rings (SSSR count). The molecule has 0 radical (unpaired) electrons. The van der Waals surface area contributed by atoms with Gasteiger partial charge in [0.1, 0.15) is 0 Å². The average Bonchev–Trinajstić information content (AvgIpc) is 2.32. The van der Waals surface area contributed by atoms with Crippen LogP contribution in [0.1, 0.15) is 13.3 Å². The Kier molecular flexibility index (Phi) is 6.70. The van der Waals surface area contributed by atoms with E-state index in [0.29, 0.717) is 13.0 Å². The van der Waals surface area contributed by atoms with E-state index in [9.17, 15) is 4.79 Å². The smallest absolute Gasteiger partial charge is 0.223 e. The number of amides is 1. The van der Waals surface area contributed by atoms with Gasteiger partial charge in [0.15, 0.2) is 0 Å². The highest BCUT2D eigenvalue weighted by molar-refractivity contribution is 9.10. The molecule has 0 atom stereocenters. The largest absolute Gasteiger partial charge is 0.396 e. The molecule has 0 saturated heterocycles. The van der Waals surface area contributed by atoms with Crippen LogP contribution >= 0.6 is 28.0 Å². The van der Waals surface area contributed by atoms with Crippen molar-refractivity contribution >= 4 is 39.6 Å². The fourth-order valence-electron chi connectivity index (χ4n) is 1.54. The molecule has 0 saturated carbocycles. The molecular weight excluding hydrogens is 318 g/mol. The number of aliphatic hydroxyl groups is 1. The highest BCUT2D eigenvalue weighted by atomic mass is 79.9. The third kappa shape index (κ3) is 4.28. The van der Waals surface area contributed by atoms with Crippen LogP contribution in [-0.4, -0.2) is 31.3 Å². The number of halogens is 1. The van der Waals surface area contributed by atoms with Crippen molar-refractivity contribution in [1.82, 2.24) is 0 Å². The van der Waals surface area contributed by atoms with E-state index in [2.05, 4.69) is 15.9 Å². The molecule has 0 unspecified atom stereocenters. The molecule has 1 amide bonds. The van der Waals surface area contributed by atoms with Crippen LogP contribution in [0.15, 0.2) is 27.6 Å². The first kappa shape index (κ1) is 15.5. The number of aliphatic hydroxyl groups excluding tert-OH is 1. The molecule has 1 aromatic rings. The third-order valence-corrected chi connectivity index (χ3v) is 3.47. The Bertz CT molecular complexity index is 414. The van der Waals surface area contributed by atoms with Gasteiger partial charge in [-0.1, -0.05) is 15.9 Å². The molecule has 0 aromatic heterocycles. The van der Waals surface area contributed by atoms with Crippen LogP contribution in [-0.2, 0) is 8.98 Å². The van der Waals surface area contributed by atoms with Gasteiger partial charge in [-0.05, 0) is 24.6 Å². The Morgan fingerprint density at radius 2 is 2.28 bits per heavy atom. The molecule has 100 valence electrons. The molecule has 4 nitrogen and oxygen atoms in total. The van der Waals surface area contributed by atoms with Crippen molar-refractivity contribution in [2.24, 2.45) is 0 Å². The lowest BCUT2D eigenvalue weighted by molar-refractivity contribution is -0.116. The van der Waals surface area contributed by atoms with E-state index in [1.54, 1.807) is 12.0 Å². The summed E-state index contributed by atoms with van der Waals surface area (Å²) < 4.78 is 5.99. The van der Waals surface area contributed by atoms with Gasteiger partial charge in [-0.15, -0.1) is 0 Å². The second kappa shape index (κ2) is 7.78. The van der Waals surface area contributed by atoms with E-state index in [0.717, 1.165) is 15.1 Å². The summed E-state index contributed by atoms with van der Waals surface area (Å²) in [5, 5.41) is 8.89. The number of anilines is 1. The number of hydrogen-bond donors (Lipinski definition) is 1. The molecular formula is C12H16BrNO3S. The Hall–Kier alpha value is -0.560. The van der Waals surface area contributed by atoms with Crippen molar-refractivity contribution in [3.63, 3.8) is 0 Å². The summed E-state index contributed by atoms with van der Waals surface area (Å²) in [4.78, 5) is 14.2. The molecule has 0 aliphatic carbocycles. The van der Waals surface area contributed by atoms with Crippen molar-refractivity contribution in [2.75, 3.05) is 25.2 Å². The van der Waals surface area contributed by atoms with Gasteiger partial charge < -0.3 is 14.2 Å². The number of carbonyl (C=O) groups is 1. The van der Waals surface area contributed by atoms with E-state index < -0.39 is 0 Å². The molecule has 0 bridgehead atoms. The maximum atomic E-state index is 11.7. The van der Waals surface area contributed by atoms with Gasteiger partial charge in [0.2, 0.25) is 5.91 Å². The van der Waals surface area contributed by atoms with E-state index in [1.807, 2.05) is 18.2 Å². The predicted molar refractivity (Wildman–Crippen MR) is 76.7 cm³/mol. The van der Waals surface area contributed by atoms with E-state index >= 15 is 0 Å². The zero-order valence-electron chi connectivity index (χ0n) is 10.4. The summed E-state index contributed by atoms with van der Waals surface area (Å²) in [5.74, 6) is -0.0521. The van der Waals surface area contributed by atoms with Gasteiger partial charge in [-0.25, -0.2) is 0 Å². The summed E-state index contributed by atoms with van der Waals surface area (Å²) in [7, 11) is 1.58. The Labute approximate surface area is 120 Å². The van der Waals surface area contributed by atoms with Crippen LogP contribution in [0, 0.1) is 0 Å². The van der Waals surface area contributed by atoms with Crippen molar-refractivity contribution in [3.8, 4) is 0 Å². The Balaban J connectivity index is 3.05. The maximum Gasteiger partial charge on any atom is 0.223 e. The number of carbonyl (C=O) groups excluding carboxylic acids is 1. The molecule has 0 aliphatic heterocycles. The second-order valence-corrected chi connectivity index (χ2v) is 5.47. The van der Waals surface area contributed by atoms with E-state index in [4.69, 9.17) is 9.29 Å². The molecule has 1 N–H and O–H groups in total. The predicted octanol–water partition coefficient (Wildman–Crippen LogP) is 2.84. The lowest BCUT2D eigenvalue weighted by Crippen LogP contribution is -2.30. The zero-order chi connectivity index (χ0) is 13.5. The second-order valence-electron chi connectivity index (χ2n) is 3.61. The highest BCUT2D eigenvalue weighted by Gasteiger charge is 2.15. The van der Waals surface area contributed by atoms with Gasteiger partial charge in [-0.3, -0.25) is 4.79 Å². The van der Waals surface area contributed by atoms with Crippen molar-refractivity contribution in [3.05, 3.63) is 22.7 Å². The van der Waals surface area contributed by atoms with Gasteiger partial charge in [-0.2, -0.15) is 0 Å². The summed E-state index contributed by atoms with van der Waals surface area (Å²) in [6.45, 7) is 2.07. The fourth-order valence-corrected chi connectivity index (χ4v) is 2.67. The average molecular weight is 334 g/mol. The Morgan fingerprint density at radius 1 is 1.56 bits per heavy atom. The number of rotatable bonds is 6. The SMILES string of the molecule is COSc1cc(Br)ccc1N(CCCO)C(C)=O. The first-order chi connectivity index (χ1) is 8.60. The van der Waals surface area contributed by atoms with Crippen molar-refractivity contribution in [1.29, 1.82) is 0 Å². The van der Waals surface area contributed by atoms with Crippen LogP contribution in [0.25, 0.3) is 0 Å². The van der Waals surface area contributed by atoms with Crippen LogP contribution in [0.3, 0.4) is 0 Å². The highest BCUT2D eigenvalue weighted by Crippen LogP contribution is 2.33. The van der Waals surface area contributed by atoms with Crippen molar-refractivity contribution < 1.29 is 14.1 Å². The topological polar surface area (TPSA) is 49.8 Å². The quantitative estimate of drug-likeness (QED) is 0.813. The minimum atomic E-state index is -0.0521. The van der Waals surface area contributed by atoms with Gasteiger partial charge in [0.05, 0.1) is 17.7 Å². The number of benzene rings is 1. The first-order valence-electron chi connectivity index (χ1n) is 5.49. The minimum Gasteiger partial charge on any atom is -0.396 e.